The summed E-state index contributed by atoms with van der Waals surface area (Å²) in [6.45, 7) is 1.73. The number of hydrogen-bond acceptors (Lipinski definition) is 2. The number of thiocarbonyl (C=S) groups is 2. The quantitative estimate of drug-likeness (QED) is 0.413. The number of para-hydroxylation sites is 2. The lowest BCUT2D eigenvalue weighted by Gasteiger charge is -2.11. The largest absolute Gasteiger partial charge is 0.362 e. The first kappa shape index (κ1) is 19.1. The van der Waals surface area contributed by atoms with Crippen molar-refractivity contribution in [3.05, 3.63) is 60.7 Å². The molecule has 0 atom stereocenters. The summed E-state index contributed by atoms with van der Waals surface area (Å²) in [5.74, 6) is 0. The van der Waals surface area contributed by atoms with Gasteiger partial charge in [-0.15, -0.1) is 0 Å². The normalized spacial score (nSPS) is 9.92. The molecule has 2 rings (SSSR count). The number of anilines is 2. The molecule has 6 heteroatoms. The van der Waals surface area contributed by atoms with Crippen molar-refractivity contribution in [1.82, 2.24) is 10.6 Å². The van der Waals surface area contributed by atoms with Gasteiger partial charge in [0.15, 0.2) is 10.2 Å². The Morgan fingerprint density at radius 3 is 1.40 bits per heavy atom. The molecule has 0 heterocycles. The van der Waals surface area contributed by atoms with Gasteiger partial charge in [-0.25, -0.2) is 0 Å². The van der Waals surface area contributed by atoms with Crippen LogP contribution in [0.4, 0.5) is 11.4 Å². The van der Waals surface area contributed by atoms with Crippen LogP contribution in [0.1, 0.15) is 19.3 Å². The van der Waals surface area contributed by atoms with Crippen LogP contribution in [0.5, 0.6) is 0 Å². The minimum Gasteiger partial charge on any atom is -0.362 e. The summed E-state index contributed by atoms with van der Waals surface area (Å²) in [6.07, 6.45) is 3.25. The van der Waals surface area contributed by atoms with Crippen LogP contribution in [-0.2, 0) is 0 Å². The second-order valence-electron chi connectivity index (χ2n) is 5.55. The van der Waals surface area contributed by atoms with E-state index >= 15 is 0 Å². The molecule has 0 saturated heterocycles. The van der Waals surface area contributed by atoms with E-state index in [0.29, 0.717) is 10.2 Å². The van der Waals surface area contributed by atoms with Crippen LogP contribution in [0.3, 0.4) is 0 Å². The minimum atomic E-state index is 0.664. The molecule has 0 aliphatic rings. The smallest absolute Gasteiger partial charge is 0.170 e. The summed E-state index contributed by atoms with van der Waals surface area (Å²) in [5, 5.41) is 14.1. The Bertz CT molecular complexity index is 589. The number of benzene rings is 2. The first-order valence-corrected chi connectivity index (χ1v) is 9.25. The SMILES string of the molecule is S=C(NCCCCCNC(=S)Nc1ccccc1)Nc1ccccc1. The van der Waals surface area contributed by atoms with Crippen LogP contribution in [-0.4, -0.2) is 23.3 Å². The Hall–Kier alpha value is -2.18. The molecule has 0 saturated carbocycles. The highest BCUT2D eigenvalue weighted by Crippen LogP contribution is 2.05. The average Bonchev–Trinajstić information content (AvgIpc) is 2.62. The molecule has 2 aromatic rings. The Kier molecular flexibility index (Phi) is 8.72. The van der Waals surface area contributed by atoms with E-state index in [9.17, 15) is 0 Å². The zero-order valence-corrected chi connectivity index (χ0v) is 15.8. The molecule has 0 radical (unpaired) electrons. The van der Waals surface area contributed by atoms with E-state index in [-0.39, 0.29) is 0 Å². The monoisotopic (exact) mass is 372 g/mol. The standard InChI is InChI=1S/C19H24N4S2/c24-18(22-16-10-4-1-5-11-16)20-14-8-3-9-15-21-19(25)23-17-12-6-2-7-13-17/h1-2,4-7,10-13H,3,8-9,14-15H2,(H2,20,22,24)(H2,21,23,25). The van der Waals surface area contributed by atoms with Crippen LogP contribution >= 0.6 is 24.4 Å². The Labute approximate surface area is 160 Å². The second-order valence-corrected chi connectivity index (χ2v) is 6.37. The predicted molar refractivity (Wildman–Crippen MR) is 115 cm³/mol. The molecule has 0 fully saturated rings. The van der Waals surface area contributed by atoms with E-state index in [1.54, 1.807) is 0 Å². The van der Waals surface area contributed by atoms with Crippen molar-refractivity contribution in [3.63, 3.8) is 0 Å². The minimum absolute atomic E-state index is 0.664. The van der Waals surface area contributed by atoms with Gasteiger partial charge in [0.05, 0.1) is 0 Å². The Morgan fingerprint density at radius 1 is 0.600 bits per heavy atom. The fourth-order valence-corrected chi connectivity index (χ4v) is 2.66. The molecule has 0 aliphatic heterocycles. The summed E-state index contributed by atoms with van der Waals surface area (Å²) >= 11 is 10.5. The van der Waals surface area contributed by atoms with Crippen LogP contribution in [0, 0.1) is 0 Å². The molecule has 4 nitrogen and oxygen atoms in total. The Balaban J connectivity index is 1.46. The third-order valence-electron chi connectivity index (χ3n) is 3.49. The first-order chi connectivity index (χ1) is 12.2. The number of nitrogens with one attached hydrogen (secondary N) is 4. The number of hydrogen-bond donors (Lipinski definition) is 4. The van der Waals surface area contributed by atoms with E-state index in [2.05, 4.69) is 21.3 Å². The van der Waals surface area contributed by atoms with E-state index < -0.39 is 0 Å². The van der Waals surface area contributed by atoms with Gasteiger partial charge in [0.2, 0.25) is 0 Å². The first-order valence-electron chi connectivity index (χ1n) is 8.44. The zero-order chi connectivity index (χ0) is 17.7. The number of unbranched alkanes of at least 4 members (excludes halogenated alkanes) is 2. The molecule has 132 valence electrons. The lowest BCUT2D eigenvalue weighted by Crippen LogP contribution is -2.30. The van der Waals surface area contributed by atoms with Gasteiger partial charge in [-0.05, 0) is 68.0 Å². The van der Waals surface area contributed by atoms with E-state index in [4.69, 9.17) is 24.4 Å². The van der Waals surface area contributed by atoms with Gasteiger partial charge in [0, 0.05) is 24.5 Å². The van der Waals surface area contributed by atoms with Crippen LogP contribution in [0.2, 0.25) is 0 Å². The second kappa shape index (κ2) is 11.4. The van der Waals surface area contributed by atoms with Crippen molar-refractivity contribution in [2.75, 3.05) is 23.7 Å². The van der Waals surface area contributed by atoms with E-state index in [1.165, 1.54) is 0 Å². The third kappa shape index (κ3) is 8.47. The van der Waals surface area contributed by atoms with Crippen molar-refractivity contribution in [1.29, 1.82) is 0 Å². The molecular formula is C19H24N4S2. The lowest BCUT2D eigenvalue weighted by molar-refractivity contribution is 0.655. The van der Waals surface area contributed by atoms with Gasteiger partial charge in [-0.1, -0.05) is 36.4 Å². The molecule has 0 aromatic heterocycles. The maximum atomic E-state index is 5.27. The van der Waals surface area contributed by atoms with Crippen molar-refractivity contribution >= 4 is 46.0 Å². The molecule has 0 aliphatic carbocycles. The van der Waals surface area contributed by atoms with Gasteiger partial charge in [0.1, 0.15) is 0 Å². The summed E-state index contributed by atoms with van der Waals surface area (Å²) in [7, 11) is 0. The highest BCUT2D eigenvalue weighted by atomic mass is 32.1. The van der Waals surface area contributed by atoms with Crippen molar-refractivity contribution in [2.45, 2.75) is 19.3 Å². The van der Waals surface area contributed by atoms with Crippen molar-refractivity contribution in [3.8, 4) is 0 Å². The fraction of sp³-hybridized carbons (Fsp3) is 0.263. The molecule has 2 aromatic carbocycles. The zero-order valence-electron chi connectivity index (χ0n) is 14.1. The maximum absolute atomic E-state index is 5.27. The summed E-state index contributed by atoms with van der Waals surface area (Å²) in [4.78, 5) is 0. The highest BCUT2D eigenvalue weighted by Gasteiger charge is 1.98. The summed E-state index contributed by atoms with van der Waals surface area (Å²) in [6, 6.07) is 19.9. The lowest BCUT2D eigenvalue weighted by atomic mass is 10.2. The van der Waals surface area contributed by atoms with Gasteiger partial charge in [-0.3, -0.25) is 0 Å². The fourth-order valence-electron chi connectivity index (χ4n) is 2.22. The molecule has 4 N–H and O–H groups in total. The summed E-state index contributed by atoms with van der Waals surface area (Å²) < 4.78 is 0. The molecule has 0 unspecified atom stereocenters. The molecule has 0 bridgehead atoms. The van der Waals surface area contributed by atoms with Crippen LogP contribution < -0.4 is 21.3 Å². The van der Waals surface area contributed by atoms with E-state index in [1.807, 2.05) is 60.7 Å². The van der Waals surface area contributed by atoms with Crippen LogP contribution in [0.15, 0.2) is 60.7 Å². The van der Waals surface area contributed by atoms with Crippen molar-refractivity contribution < 1.29 is 0 Å². The molecular weight excluding hydrogens is 348 g/mol. The van der Waals surface area contributed by atoms with E-state index in [0.717, 1.165) is 43.7 Å². The third-order valence-corrected chi connectivity index (χ3v) is 3.98. The summed E-state index contributed by atoms with van der Waals surface area (Å²) in [5.41, 5.74) is 2.01. The molecule has 25 heavy (non-hydrogen) atoms. The highest BCUT2D eigenvalue weighted by molar-refractivity contribution is 7.80. The Morgan fingerprint density at radius 2 is 1.00 bits per heavy atom. The van der Waals surface area contributed by atoms with Crippen LogP contribution in [0.25, 0.3) is 0 Å². The maximum Gasteiger partial charge on any atom is 0.170 e. The van der Waals surface area contributed by atoms with Gasteiger partial charge in [-0.2, -0.15) is 0 Å². The van der Waals surface area contributed by atoms with Gasteiger partial charge >= 0.3 is 0 Å². The molecule has 0 amide bonds. The molecule has 0 spiro atoms. The average molecular weight is 373 g/mol. The predicted octanol–water partition coefficient (Wildman–Crippen LogP) is 4.13. The van der Waals surface area contributed by atoms with Gasteiger partial charge < -0.3 is 21.3 Å². The number of rotatable bonds is 8. The van der Waals surface area contributed by atoms with Crippen molar-refractivity contribution in [2.24, 2.45) is 0 Å². The van der Waals surface area contributed by atoms with Gasteiger partial charge in [0.25, 0.3) is 0 Å². The topological polar surface area (TPSA) is 48.1 Å².